The van der Waals surface area contributed by atoms with Crippen molar-refractivity contribution < 1.29 is 9.13 Å². The lowest BCUT2D eigenvalue weighted by Crippen LogP contribution is -2.41. The van der Waals surface area contributed by atoms with E-state index in [0.717, 1.165) is 30.9 Å². The molecule has 2 saturated heterocycles. The minimum Gasteiger partial charge on any atom is -0.455 e. The highest BCUT2D eigenvalue weighted by Gasteiger charge is 2.32. The molecule has 0 aliphatic carbocycles. The number of benzene rings is 1. The number of pyridine rings is 1. The van der Waals surface area contributed by atoms with E-state index in [1.807, 2.05) is 19.2 Å². The lowest BCUT2D eigenvalue weighted by molar-refractivity contribution is 0.463. The van der Waals surface area contributed by atoms with Crippen molar-refractivity contribution in [2.24, 2.45) is 5.92 Å². The smallest absolute Gasteiger partial charge is 0.147 e. The first-order valence-electron chi connectivity index (χ1n) is 8.05. The molecule has 2 aliphatic rings. The molecule has 2 aliphatic heterocycles. The van der Waals surface area contributed by atoms with Crippen molar-refractivity contribution in [2.75, 3.05) is 24.5 Å². The SMILES string of the molecule is Cc1ccc(F)cc1Oc1cncc(N2CC3CNC(C3)C2)c1. The van der Waals surface area contributed by atoms with Crippen molar-refractivity contribution in [1.29, 1.82) is 0 Å². The number of hydrogen-bond acceptors (Lipinski definition) is 4. The average molecular weight is 313 g/mol. The molecule has 4 rings (SSSR count). The fourth-order valence-corrected chi connectivity index (χ4v) is 3.49. The number of rotatable bonds is 3. The molecule has 2 aromatic rings. The normalized spacial score (nSPS) is 23.1. The molecule has 0 saturated carbocycles. The lowest BCUT2D eigenvalue weighted by Gasteiger charge is -2.32. The van der Waals surface area contributed by atoms with Crippen molar-refractivity contribution in [1.82, 2.24) is 10.3 Å². The molecule has 1 N–H and O–H groups in total. The van der Waals surface area contributed by atoms with Gasteiger partial charge in [-0.15, -0.1) is 0 Å². The summed E-state index contributed by atoms with van der Waals surface area (Å²) in [5.41, 5.74) is 1.96. The van der Waals surface area contributed by atoms with E-state index >= 15 is 0 Å². The highest BCUT2D eigenvalue weighted by molar-refractivity contribution is 5.50. The minimum atomic E-state index is -0.298. The predicted molar refractivity (Wildman–Crippen MR) is 87.6 cm³/mol. The molecule has 1 aromatic carbocycles. The molecule has 4 nitrogen and oxygen atoms in total. The zero-order chi connectivity index (χ0) is 15.8. The van der Waals surface area contributed by atoms with Crippen LogP contribution in [0.3, 0.4) is 0 Å². The number of anilines is 1. The number of fused-ring (bicyclic) bond motifs is 2. The Labute approximate surface area is 135 Å². The molecule has 0 radical (unpaired) electrons. The molecule has 0 amide bonds. The van der Waals surface area contributed by atoms with Gasteiger partial charge >= 0.3 is 0 Å². The molecular formula is C18H20FN3O. The van der Waals surface area contributed by atoms with Crippen LogP contribution in [0.25, 0.3) is 0 Å². The van der Waals surface area contributed by atoms with E-state index in [0.29, 0.717) is 23.5 Å². The molecule has 0 spiro atoms. The number of aryl methyl sites for hydroxylation is 1. The van der Waals surface area contributed by atoms with Crippen LogP contribution in [0.4, 0.5) is 10.1 Å². The third-order valence-corrected chi connectivity index (χ3v) is 4.67. The van der Waals surface area contributed by atoms with Crippen LogP contribution >= 0.6 is 0 Å². The van der Waals surface area contributed by atoms with E-state index in [1.54, 1.807) is 12.3 Å². The summed E-state index contributed by atoms with van der Waals surface area (Å²) in [5.74, 6) is 1.59. The molecule has 2 fully saturated rings. The maximum atomic E-state index is 13.4. The Morgan fingerprint density at radius 1 is 1.26 bits per heavy atom. The number of piperidine rings is 1. The molecule has 2 unspecified atom stereocenters. The second-order valence-electron chi connectivity index (χ2n) is 6.50. The largest absolute Gasteiger partial charge is 0.455 e. The van der Waals surface area contributed by atoms with Gasteiger partial charge in [-0.3, -0.25) is 4.98 Å². The summed E-state index contributed by atoms with van der Waals surface area (Å²) < 4.78 is 19.2. The number of nitrogens with one attached hydrogen (secondary N) is 1. The quantitative estimate of drug-likeness (QED) is 0.945. The van der Waals surface area contributed by atoms with Gasteiger partial charge in [-0.1, -0.05) is 6.07 Å². The summed E-state index contributed by atoms with van der Waals surface area (Å²) in [7, 11) is 0. The van der Waals surface area contributed by atoms with Gasteiger partial charge in [0, 0.05) is 37.8 Å². The van der Waals surface area contributed by atoms with Crippen molar-refractivity contribution in [3.05, 3.63) is 48.0 Å². The standard InChI is InChI=1S/C18H20FN3O/c1-12-2-3-14(19)5-18(12)23-17-6-16(8-20-9-17)22-10-13-4-15(11-22)21-7-13/h2-3,5-6,8-9,13,15,21H,4,7,10-11H2,1H3. The van der Waals surface area contributed by atoms with Crippen LogP contribution in [0.2, 0.25) is 0 Å². The molecule has 2 bridgehead atoms. The van der Waals surface area contributed by atoms with Crippen molar-refractivity contribution in [2.45, 2.75) is 19.4 Å². The van der Waals surface area contributed by atoms with Crippen LogP contribution in [-0.2, 0) is 0 Å². The van der Waals surface area contributed by atoms with Gasteiger partial charge in [0.15, 0.2) is 0 Å². The molecule has 23 heavy (non-hydrogen) atoms. The van der Waals surface area contributed by atoms with Gasteiger partial charge in [-0.05, 0) is 30.9 Å². The van der Waals surface area contributed by atoms with Gasteiger partial charge in [-0.2, -0.15) is 0 Å². The first-order chi connectivity index (χ1) is 11.2. The van der Waals surface area contributed by atoms with E-state index < -0.39 is 0 Å². The molecular weight excluding hydrogens is 293 g/mol. The van der Waals surface area contributed by atoms with Gasteiger partial charge in [0.1, 0.15) is 17.3 Å². The fraction of sp³-hybridized carbons (Fsp3) is 0.389. The predicted octanol–water partition coefficient (Wildman–Crippen LogP) is 3.12. The highest BCUT2D eigenvalue weighted by atomic mass is 19.1. The third-order valence-electron chi connectivity index (χ3n) is 4.67. The van der Waals surface area contributed by atoms with Crippen molar-refractivity contribution in [3.8, 4) is 11.5 Å². The molecule has 120 valence electrons. The van der Waals surface area contributed by atoms with Crippen LogP contribution in [0.5, 0.6) is 11.5 Å². The van der Waals surface area contributed by atoms with Crippen molar-refractivity contribution in [3.63, 3.8) is 0 Å². The summed E-state index contributed by atoms with van der Waals surface area (Å²) in [6, 6.07) is 7.13. The highest BCUT2D eigenvalue weighted by Crippen LogP contribution is 2.31. The van der Waals surface area contributed by atoms with E-state index in [1.165, 1.54) is 18.6 Å². The Morgan fingerprint density at radius 2 is 2.17 bits per heavy atom. The Kier molecular flexibility index (Phi) is 3.65. The number of hydrogen-bond donors (Lipinski definition) is 1. The van der Waals surface area contributed by atoms with Gasteiger partial charge in [0.2, 0.25) is 0 Å². The Balaban J connectivity index is 1.55. The first kappa shape index (κ1) is 14.5. The summed E-state index contributed by atoms with van der Waals surface area (Å²) in [6.45, 7) is 5.06. The van der Waals surface area contributed by atoms with E-state index in [-0.39, 0.29) is 5.82 Å². The summed E-state index contributed by atoms with van der Waals surface area (Å²) in [4.78, 5) is 6.66. The number of nitrogens with zero attached hydrogens (tertiary/aromatic N) is 2. The van der Waals surface area contributed by atoms with Crippen LogP contribution < -0.4 is 15.0 Å². The maximum Gasteiger partial charge on any atom is 0.147 e. The summed E-state index contributed by atoms with van der Waals surface area (Å²) in [5, 5.41) is 3.55. The maximum absolute atomic E-state index is 13.4. The zero-order valence-electron chi connectivity index (χ0n) is 13.1. The first-order valence-corrected chi connectivity index (χ1v) is 8.05. The topological polar surface area (TPSA) is 37.4 Å². The van der Waals surface area contributed by atoms with E-state index in [4.69, 9.17) is 4.74 Å². The minimum absolute atomic E-state index is 0.298. The second kappa shape index (κ2) is 5.81. The number of ether oxygens (including phenoxy) is 1. The lowest BCUT2D eigenvalue weighted by atomic mass is 10.00. The Bertz CT molecular complexity index is 709. The van der Waals surface area contributed by atoms with Crippen molar-refractivity contribution >= 4 is 5.69 Å². The molecule has 2 atom stereocenters. The van der Waals surface area contributed by atoms with Gasteiger partial charge < -0.3 is 15.0 Å². The number of aromatic nitrogens is 1. The second-order valence-corrected chi connectivity index (χ2v) is 6.50. The van der Waals surface area contributed by atoms with Gasteiger partial charge in [0.05, 0.1) is 18.1 Å². The van der Waals surface area contributed by atoms with Crippen LogP contribution in [0.15, 0.2) is 36.7 Å². The molecule has 3 heterocycles. The Hall–Kier alpha value is -2.14. The number of halogens is 1. The molecule has 5 heteroatoms. The van der Waals surface area contributed by atoms with E-state index in [2.05, 4.69) is 15.2 Å². The third kappa shape index (κ3) is 3.01. The van der Waals surface area contributed by atoms with E-state index in [9.17, 15) is 4.39 Å². The Morgan fingerprint density at radius 3 is 3.04 bits per heavy atom. The fourth-order valence-electron chi connectivity index (χ4n) is 3.49. The monoisotopic (exact) mass is 313 g/mol. The van der Waals surface area contributed by atoms with Crippen LogP contribution in [0, 0.1) is 18.7 Å². The molecule has 1 aromatic heterocycles. The average Bonchev–Trinajstić information content (AvgIpc) is 2.89. The summed E-state index contributed by atoms with van der Waals surface area (Å²) >= 11 is 0. The zero-order valence-corrected chi connectivity index (χ0v) is 13.1. The van der Waals surface area contributed by atoms with Gasteiger partial charge in [0.25, 0.3) is 0 Å². The summed E-state index contributed by atoms with van der Waals surface area (Å²) in [6.07, 6.45) is 4.81. The van der Waals surface area contributed by atoms with Crippen LogP contribution in [0.1, 0.15) is 12.0 Å². The van der Waals surface area contributed by atoms with Crippen LogP contribution in [-0.4, -0.2) is 30.7 Å². The van der Waals surface area contributed by atoms with Gasteiger partial charge in [-0.25, -0.2) is 4.39 Å².